The number of Topliss-reactive ketones (excluding diaryl/α,β-unsaturated/α-hetero) is 1. The van der Waals surface area contributed by atoms with E-state index in [0.29, 0.717) is 28.6 Å². The summed E-state index contributed by atoms with van der Waals surface area (Å²) in [5.41, 5.74) is 7.93. The Morgan fingerprint density at radius 1 is 1.11 bits per heavy atom. The van der Waals surface area contributed by atoms with Gasteiger partial charge in [0.05, 0.1) is 24.9 Å². The number of carbonyl (C=O) groups excluding carboxylic acids is 1. The normalized spacial score (nSPS) is 11.9. The van der Waals surface area contributed by atoms with Crippen LogP contribution in [0.1, 0.15) is 64.4 Å². The van der Waals surface area contributed by atoms with E-state index in [1.54, 1.807) is 12.1 Å². The predicted octanol–water partition coefficient (Wildman–Crippen LogP) is 2.72. The van der Waals surface area contributed by atoms with E-state index in [0.717, 1.165) is 5.56 Å². The molecule has 0 fully saturated rings. The van der Waals surface area contributed by atoms with Crippen LogP contribution in [0.2, 0.25) is 0 Å². The van der Waals surface area contributed by atoms with Crippen LogP contribution in [0.5, 0.6) is 17.4 Å². The third-order valence-electron chi connectivity index (χ3n) is 5.04. The number of aromatic nitrogens is 4. The van der Waals surface area contributed by atoms with Crippen molar-refractivity contribution < 1.29 is 28.8 Å². The van der Waals surface area contributed by atoms with E-state index in [1.807, 2.05) is 39.8 Å². The lowest BCUT2D eigenvalue weighted by atomic mass is 9.85. The summed E-state index contributed by atoms with van der Waals surface area (Å²) in [6.07, 6.45) is -0.207. The highest BCUT2D eigenvalue weighted by atomic mass is 16.5. The Kier molecular flexibility index (Phi) is 7.84. The van der Waals surface area contributed by atoms with Crippen LogP contribution >= 0.6 is 0 Å². The molecule has 3 rings (SSSR count). The minimum atomic E-state index is -0.206. The summed E-state index contributed by atoms with van der Waals surface area (Å²) in [5, 5.41) is 18.1. The number of benzene rings is 1. The number of aliphatic hydroxyl groups is 1. The molecule has 3 N–H and O–H groups in total. The molecule has 2 heterocycles. The second-order valence-corrected chi connectivity index (χ2v) is 9.92. The molecule has 1 aromatic carbocycles. The Morgan fingerprint density at radius 3 is 2.40 bits per heavy atom. The maximum absolute atomic E-state index is 13.3. The molecule has 0 radical (unpaired) electrons. The highest BCUT2D eigenvalue weighted by molar-refractivity contribution is 5.95. The quantitative estimate of drug-likeness (QED) is 0.331. The minimum absolute atomic E-state index is 0.0948. The highest BCUT2D eigenvalue weighted by Crippen LogP contribution is 2.28. The van der Waals surface area contributed by atoms with Crippen LogP contribution in [0, 0.1) is 0 Å². The maximum Gasteiger partial charge on any atom is 0.401 e. The average Bonchev–Trinajstić information content (AvgIpc) is 3.06. The van der Waals surface area contributed by atoms with E-state index in [2.05, 4.69) is 31.0 Å². The fourth-order valence-electron chi connectivity index (χ4n) is 3.41. The number of ether oxygens (including phenoxy) is 3. The van der Waals surface area contributed by atoms with E-state index >= 15 is 0 Å². The molecular formula is C25H36N5O5+. The highest BCUT2D eigenvalue weighted by Gasteiger charge is 2.26. The van der Waals surface area contributed by atoms with Crippen molar-refractivity contribution in [1.82, 2.24) is 14.7 Å². The molecule has 0 spiro atoms. The molecule has 0 saturated carbocycles. The van der Waals surface area contributed by atoms with Gasteiger partial charge in [-0.15, -0.1) is 4.68 Å². The van der Waals surface area contributed by atoms with Crippen LogP contribution in [0.4, 0.5) is 5.95 Å². The van der Waals surface area contributed by atoms with Crippen molar-refractivity contribution >= 4 is 17.4 Å². The molecule has 190 valence electrons. The van der Waals surface area contributed by atoms with Crippen molar-refractivity contribution in [2.45, 2.75) is 72.6 Å². The van der Waals surface area contributed by atoms with Crippen LogP contribution < -0.4 is 24.6 Å². The topological polar surface area (TPSA) is 125 Å². The van der Waals surface area contributed by atoms with Gasteiger partial charge < -0.3 is 19.3 Å². The van der Waals surface area contributed by atoms with Crippen LogP contribution in [-0.4, -0.2) is 51.0 Å². The first kappa shape index (κ1) is 26.2. The molecule has 35 heavy (non-hydrogen) atoms. The second-order valence-electron chi connectivity index (χ2n) is 9.92. The summed E-state index contributed by atoms with van der Waals surface area (Å²) in [7, 11) is 0. The number of hydrogen-bond acceptors (Lipinski definition) is 8. The number of anilines is 1. The van der Waals surface area contributed by atoms with Crippen molar-refractivity contribution in [3.05, 3.63) is 35.4 Å². The molecule has 0 aliphatic heterocycles. The first-order valence-corrected chi connectivity index (χ1v) is 11.7. The van der Waals surface area contributed by atoms with Crippen molar-refractivity contribution in [2.75, 3.05) is 18.9 Å². The molecule has 2 aromatic heterocycles. The number of nitrogens with zero attached hydrogens (tertiary/aromatic N) is 4. The minimum Gasteiger partial charge on any atom is -0.491 e. The largest absolute Gasteiger partial charge is 0.491 e. The van der Waals surface area contributed by atoms with Gasteiger partial charge in [-0.2, -0.15) is 0 Å². The SMILES string of the molecule is CC(C)Oc1cc(OC(C)C)c2n[n+](CC(=O)c3cc(OCCO)cc(C(C)(C)C)c3)c(N)n2n1. The fourth-order valence-corrected chi connectivity index (χ4v) is 3.41. The zero-order chi connectivity index (χ0) is 25.9. The van der Waals surface area contributed by atoms with E-state index in [9.17, 15) is 4.79 Å². The molecule has 0 unspecified atom stereocenters. The van der Waals surface area contributed by atoms with Gasteiger partial charge in [0.15, 0.2) is 18.1 Å². The lowest BCUT2D eigenvalue weighted by Gasteiger charge is -2.21. The van der Waals surface area contributed by atoms with E-state index in [-0.39, 0.29) is 49.1 Å². The molecule has 3 aromatic rings. The molecule has 0 atom stereocenters. The lowest BCUT2D eigenvalue weighted by Crippen LogP contribution is -2.42. The predicted molar refractivity (Wildman–Crippen MR) is 131 cm³/mol. The van der Waals surface area contributed by atoms with Gasteiger partial charge in [-0.05, 0) is 56.9 Å². The summed E-state index contributed by atoms with van der Waals surface area (Å²) in [6, 6.07) is 7.07. The molecule has 10 nitrogen and oxygen atoms in total. The van der Waals surface area contributed by atoms with Gasteiger partial charge in [0.1, 0.15) is 12.4 Å². The number of rotatable bonds is 10. The Morgan fingerprint density at radius 2 is 1.80 bits per heavy atom. The van der Waals surface area contributed by atoms with Gasteiger partial charge in [-0.25, -0.2) is 0 Å². The first-order valence-electron chi connectivity index (χ1n) is 11.7. The number of nitrogen functional groups attached to an aromatic ring is 1. The van der Waals surface area contributed by atoms with Crippen molar-refractivity contribution in [3.8, 4) is 17.4 Å². The summed E-state index contributed by atoms with van der Waals surface area (Å²) in [5.74, 6) is 1.29. The number of hydrogen-bond donors (Lipinski definition) is 2. The zero-order valence-electron chi connectivity index (χ0n) is 21.5. The summed E-state index contributed by atoms with van der Waals surface area (Å²) in [6.45, 7) is 13.7. The number of carbonyl (C=O) groups is 1. The van der Waals surface area contributed by atoms with Gasteiger partial charge in [-0.1, -0.05) is 35.5 Å². The van der Waals surface area contributed by atoms with Crippen LogP contribution in [0.15, 0.2) is 24.3 Å². The van der Waals surface area contributed by atoms with Gasteiger partial charge in [0.25, 0.3) is 11.5 Å². The maximum atomic E-state index is 13.3. The standard InChI is InChI=1S/C25H35N5O5/c1-15(2)34-21-13-22(35-16(3)4)27-30-23(21)28-29(24(30)26)14-20(32)17-10-18(25(5,6)7)12-19(11-17)33-9-8-31/h10-13,15-16,26,31H,8-9,14H2,1-7H3/p+1. The Labute approximate surface area is 205 Å². The Hall–Kier alpha value is -3.40. The molecule has 0 aliphatic carbocycles. The lowest BCUT2D eigenvalue weighted by molar-refractivity contribution is -0.723. The second kappa shape index (κ2) is 10.5. The van der Waals surface area contributed by atoms with Gasteiger partial charge in [-0.3, -0.25) is 10.5 Å². The van der Waals surface area contributed by atoms with Crippen molar-refractivity contribution in [2.24, 2.45) is 0 Å². The van der Waals surface area contributed by atoms with Gasteiger partial charge >= 0.3 is 5.95 Å². The summed E-state index contributed by atoms with van der Waals surface area (Å²) in [4.78, 5) is 13.3. The van der Waals surface area contributed by atoms with E-state index in [4.69, 9.17) is 25.1 Å². The Bertz CT molecular complexity index is 1200. The number of nitrogens with two attached hydrogens (primary N) is 1. The smallest absolute Gasteiger partial charge is 0.401 e. The van der Waals surface area contributed by atoms with Crippen LogP contribution in [0.25, 0.3) is 5.65 Å². The molecule has 0 bridgehead atoms. The number of fused-ring (bicyclic) bond motifs is 1. The molecule has 0 saturated heterocycles. The van der Waals surface area contributed by atoms with Gasteiger partial charge in [0, 0.05) is 5.56 Å². The molecule has 0 aliphatic rings. The third kappa shape index (κ3) is 6.39. The number of ketones is 1. The monoisotopic (exact) mass is 486 g/mol. The van der Waals surface area contributed by atoms with Gasteiger partial charge in [0.2, 0.25) is 0 Å². The Balaban J connectivity index is 2.01. The van der Waals surface area contributed by atoms with Crippen LogP contribution in [0.3, 0.4) is 0 Å². The van der Waals surface area contributed by atoms with E-state index in [1.165, 1.54) is 9.20 Å². The van der Waals surface area contributed by atoms with E-state index < -0.39 is 0 Å². The number of aliphatic hydroxyl groups excluding tert-OH is 1. The molecule has 0 amide bonds. The van der Waals surface area contributed by atoms with Crippen molar-refractivity contribution in [1.29, 1.82) is 0 Å². The fraction of sp³-hybridized carbons (Fsp3) is 0.520. The first-order chi connectivity index (χ1) is 16.4. The molecule has 10 heteroatoms. The summed E-state index contributed by atoms with van der Waals surface area (Å²) >= 11 is 0. The van der Waals surface area contributed by atoms with Crippen LogP contribution in [-0.2, 0) is 12.0 Å². The molecular weight excluding hydrogens is 450 g/mol. The average molecular weight is 487 g/mol. The zero-order valence-corrected chi connectivity index (χ0v) is 21.5. The van der Waals surface area contributed by atoms with Crippen molar-refractivity contribution in [3.63, 3.8) is 0 Å². The third-order valence-corrected chi connectivity index (χ3v) is 5.04. The summed E-state index contributed by atoms with van der Waals surface area (Å²) < 4.78 is 20.1.